The molecule has 3 heterocycles. The maximum atomic E-state index is 13.2. The average molecular weight is 386 g/mol. The molecule has 2 aromatic heterocycles. The maximum Gasteiger partial charge on any atom is 0.213 e. The predicted molar refractivity (Wildman–Crippen MR) is 116 cm³/mol. The minimum absolute atomic E-state index is 0.0697. The average Bonchev–Trinajstić information content (AvgIpc) is 3.05. The van der Waals surface area contributed by atoms with Crippen molar-refractivity contribution in [3.63, 3.8) is 0 Å². The SMILES string of the molecule is Cc1ncc(Cc2ccccc2)cc1C(=O)c1cccc(N2CCCNCC2)n1. The molecule has 0 radical (unpaired) electrons. The molecule has 1 aromatic carbocycles. The molecule has 1 aliphatic heterocycles. The van der Waals surface area contributed by atoms with Gasteiger partial charge in [-0.15, -0.1) is 0 Å². The molecule has 29 heavy (non-hydrogen) atoms. The van der Waals surface area contributed by atoms with Gasteiger partial charge in [0.15, 0.2) is 0 Å². The van der Waals surface area contributed by atoms with Crippen LogP contribution in [0.5, 0.6) is 0 Å². The number of anilines is 1. The second-order valence-electron chi connectivity index (χ2n) is 7.44. The van der Waals surface area contributed by atoms with E-state index in [0.29, 0.717) is 11.3 Å². The largest absolute Gasteiger partial charge is 0.355 e. The van der Waals surface area contributed by atoms with Crippen molar-refractivity contribution >= 4 is 11.6 Å². The molecule has 0 atom stereocenters. The van der Waals surface area contributed by atoms with Gasteiger partial charge in [-0.25, -0.2) is 4.98 Å². The highest BCUT2D eigenvalue weighted by Crippen LogP contribution is 2.18. The molecule has 0 bridgehead atoms. The van der Waals surface area contributed by atoms with Crippen molar-refractivity contribution in [2.45, 2.75) is 19.8 Å². The summed E-state index contributed by atoms with van der Waals surface area (Å²) in [5.41, 5.74) is 4.06. The second-order valence-corrected chi connectivity index (χ2v) is 7.44. The van der Waals surface area contributed by atoms with E-state index in [1.165, 1.54) is 5.56 Å². The van der Waals surface area contributed by atoms with Gasteiger partial charge in [0, 0.05) is 37.1 Å². The van der Waals surface area contributed by atoms with Crippen LogP contribution in [0.1, 0.15) is 39.3 Å². The van der Waals surface area contributed by atoms with Gasteiger partial charge in [0.2, 0.25) is 5.78 Å². The number of ketones is 1. The van der Waals surface area contributed by atoms with Crippen LogP contribution in [0.3, 0.4) is 0 Å². The number of pyridine rings is 2. The number of nitrogens with zero attached hydrogens (tertiary/aromatic N) is 3. The number of hydrogen-bond donors (Lipinski definition) is 1. The second kappa shape index (κ2) is 8.97. The molecule has 5 heteroatoms. The van der Waals surface area contributed by atoms with Gasteiger partial charge in [0.1, 0.15) is 11.5 Å². The highest BCUT2D eigenvalue weighted by Gasteiger charge is 2.17. The zero-order valence-corrected chi connectivity index (χ0v) is 16.8. The third-order valence-electron chi connectivity index (χ3n) is 5.27. The summed E-state index contributed by atoms with van der Waals surface area (Å²) in [4.78, 5) is 24.7. The fourth-order valence-corrected chi connectivity index (χ4v) is 3.67. The maximum absolute atomic E-state index is 13.2. The van der Waals surface area contributed by atoms with Gasteiger partial charge in [-0.2, -0.15) is 0 Å². The summed E-state index contributed by atoms with van der Waals surface area (Å²) in [6.45, 7) is 5.69. The van der Waals surface area contributed by atoms with Crippen LogP contribution >= 0.6 is 0 Å². The van der Waals surface area contributed by atoms with Gasteiger partial charge in [-0.3, -0.25) is 9.78 Å². The Bertz CT molecular complexity index is 979. The van der Waals surface area contributed by atoms with Crippen molar-refractivity contribution in [2.24, 2.45) is 0 Å². The van der Waals surface area contributed by atoms with Crippen LogP contribution in [-0.4, -0.2) is 41.9 Å². The summed E-state index contributed by atoms with van der Waals surface area (Å²) in [5, 5.41) is 3.40. The molecule has 1 fully saturated rings. The van der Waals surface area contributed by atoms with Crippen LogP contribution in [-0.2, 0) is 6.42 Å². The predicted octanol–water partition coefficient (Wildman–Crippen LogP) is 3.41. The van der Waals surface area contributed by atoms with Crippen LogP contribution in [0.2, 0.25) is 0 Å². The Morgan fingerprint density at radius 3 is 2.76 bits per heavy atom. The zero-order chi connectivity index (χ0) is 20.1. The normalized spacial score (nSPS) is 14.4. The summed E-state index contributed by atoms with van der Waals surface area (Å²) >= 11 is 0. The molecule has 0 amide bonds. The molecule has 0 spiro atoms. The van der Waals surface area contributed by atoms with E-state index in [9.17, 15) is 4.79 Å². The number of carbonyl (C=O) groups excluding carboxylic acids is 1. The van der Waals surface area contributed by atoms with E-state index in [2.05, 4.69) is 32.3 Å². The van der Waals surface area contributed by atoms with Crippen molar-refractivity contribution in [1.29, 1.82) is 0 Å². The van der Waals surface area contributed by atoms with Gasteiger partial charge in [-0.05, 0) is 55.6 Å². The Labute approximate surface area is 171 Å². The molecule has 1 N–H and O–H groups in total. The fraction of sp³-hybridized carbons (Fsp3) is 0.292. The van der Waals surface area contributed by atoms with E-state index in [1.54, 1.807) is 6.07 Å². The Kier molecular flexibility index (Phi) is 5.96. The topological polar surface area (TPSA) is 58.1 Å². The highest BCUT2D eigenvalue weighted by molar-refractivity contribution is 6.08. The van der Waals surface area contributed by atoms with E-state index in [-0.39, 0.29) is 5.78 Å². The fourth-order valence-electron chi connectivity index (χ4n) is 3.67. The Balaban J connectivity index is 1.59. The first kappa shape index (κ1) is 19.3. The quantitative estimate of drug-likeness (QED) is 0.681. The molecule has 3 aromatic rings. The Morgan fingerprint density at radius 2 is 1.90 bits per heavy atom. The molecule has 4 rings (SSSR count). The number of aromatic nitrogens is 2. The standard InChI is InChI=1S/C24H26N4O/c1-18-21(16-20(17-26-18)15-19-7-3-2-4-8-19)24(29)22-9-5-10-23(27-22)28-13-6-11-25-12-14-28/h2-5,7-10,16-17,25H,6,11-15H2,1H3. The Hall–Kier alpha value is -3.05. The first-order chi connectivity index (χ1) is 14.2. The van der Waals surface area contributed by atoms with Crippen LogP contribution in [0.4, 0.5) is 5.82 Å². The third kappa shape index (κ3) is 4.69. The Morgan fingerprint density at radius 1 is 1.03 bits per heavy atom. The lowest BCUT2D eigenvalue weighted by atomic mass is 10.0. The molecule has 148 valence electrons. The van der Waals surface area contributed by atoms with Crippen molar-refractivity contribution < 1.29 is 4.79 Å². The summed E-state index contributed by atoms with van der Waals surface area (Å²) in [6, 6.07) is 17.9. The lowest BCUT2D eigenvalue weighted by Gasteiger charge is -2.21. The number of rotatable bonds is 5. The van der Waals surface area contributed by atoms with E-state index < -0.39 is 0 Å². The van der Waals surface area contributed by atoms with Gasteiger partial charge in [0.25, 0.3) is 0 Å². The smallest absolute Gasteiger partial charge is 0.213 e. The molecular weight excluding hydrogens is 360 g/mol. The lowest BCUT2D eigenvalue weighted by Crippen LogP contribution is -2.29. The number of benzene rings is 1. The van der Waals surface area contributed by atoms with Gasteiger partial charge < -0.3 is 10.2 Å². The molecule has 0 saturated carbocycles. The number of aryl methyl sites for hydroxylation is 1. The van der Waals surface area contributed by atoms with Crippen LogP contribution in [0.25, 0.3) is 0 Å². The van der Waals surface area contributed by atoms with Gasteiger partial charge in [-0.1, -0.05) is 36.4 Å². The minimum atomic E-state index is -0.0697. The first-order valence-electron chi connectivity index (χ1n) is 10.2. The van der Waals surface area contributed by atoms with Crippen molar-refractivity contribution in [2.75, 3.05) is 31.1 Å². The molecule has 5 nitrogen and oxygen atoms in total. The van der Waals surface area contributed by atoms with E-state index in [0.717, 1.165) is 56.1 Å². The van der Waals surface area contributed by atoms with Crippen LogP contribution in [0, 0.1) is 6.92 Å². The van der Waals surface area contributed by atoms with Crippen LogP contribution < -0.4 is 10.2 Å². The highest BCUT2D eigenvalue weighted by atomic mass is 16.1. The molecular formula is C24H26N4O. The lowest BCUT2D eigenvalue weighted by molar-refractivity contribution is 0.103. The van der Waals surface area contributed by atoms with Crippen molar-refractivity contribution in [3.05, 3.63) is 88.9 Å². The van der Waals surface area contributed by atoms with Crippen molar-refractivity contribution in [3.8, 4) is 0 Å². The molecule has 0 unspecified atom stereocenters. The molecule has 1 aliphatic rings. The summed E-state index contributed by atoms with van der Waals surface area (Å²) in [6.07, 6.45) is 3.68. The zero-order valence-electron chi connectivity index (χ0n) is 16.8. The van der Waals surface area contributed by atoms with Crippen LogP contribution in [0.15, 0.2) is 60.8 Å². The minimum Gasteiger partial charge on any atom is -0.355 e. The molecule has 1 saturated heterocycles. The molecule has 0 aliphatic carbocycles. The summed E-state index contributed by atoms with van der Waals surface area (Å²) in [5.74, 6) is 0.797. The van der Waals surface area contributed by atoms with Gasteiger partial charge >= 0.3 is 0 Å². The van der Waals surface area contributed by atoms with E-state index in [4.69, 9.17) is 0 Å². The number of nitrogens with one attached hydrogen (secondary N) is 1. The van der Waals surface area contributed by atoms with E-state index in [1.807, 2.05) is 49.5 Å². The van der Waals surface area contributed by atoms with Gasteiger partial charge in [0.05, 0.1) is 0 Å². The van der Waals surface area contributed by atoms with Crippen molar-refractivity contribution in [1.82, 2.24) is 15.3 Å². The van der Waals surface area contributed by atoms with E-state index >= 15 is 0 Å². The number of carbonyl (C=O) groups is 1. The summed E-state index contributed by atoms with van der Waals surface area (Å²) in [7, 11) is 0. The summed E-state index contributed by atoms with van der Waals surface area (Å²) < 4.78 is 0. The monoisotopic (exact) mass is 386 g/mol. The number of hydrogen-bond acceptors (Lipinski definition) is 5. The first-order valence-corrected chi connectivity index (χ1v) is 10.2. The third-order valence-corrected chi connectivity index (χ3v) is 5.27.